The van der Waals surface area contributed by atoms with Gasteiger partial charge in [0.25, 0.3) is 0 Å². The lowest BCUT2D eigenvalue weighted by Gasteiger charge is -2.36. The van der Waals surface area contributed by atoms with Crippen molar-refractivity contribution in [1.82, 2.24) is 9.55 Å². The summed E-state index contributed by atoms with van der Waals surface area (Å²) in [6.07, 6.45) is 3.02. The zero-order chi connectivity index (χ0) is 14.2. The standard InChI is InChI=1S/C15H18ClIN2O/c1-15(6-2-8-20-10-15)19-13-4-3-11(17)9-12(13)18-14(19)5-7-16/h3-4,9H,2,5-8,10H2,1H3. The van der Waals surface area contributed by atoms with E-state index in [0.29, 0.717) is 5.88 Å². The second-order valence-corrected chi connectivity index (χ2v) is 7.21. The summed E-state index contributed by atoms with van der Waals surface area (Å²) in [5.41, 5.74) is 2.24. The molecule has 108 valence electrons. The van der Waals surface area contributed by atoms with E-state index in [0.717, 1.165) is 43.8 Å². The molecule has 1 aliphatic heterocycles. The number of hydrogen-bond donors (Lipinski definition) is 0. The van der Waals surface area contributed by atoms with Crippen molar-refractivity contribution >= 4 is 45.2 Å². The van der Waals surface area contributed by atoms with Crippen molar-refractivity contribution in [3.05, 3.63) is 27.6 Å². The molecule has 1 atom stereocenters. The highest BCUT2D eigenvalue weighted by Crippen LogP contribution is 2.33. The molecule has 0 bridgehead atoms. The van der Waals surface area contributed by atoms with Gasteiger partial charge in [0, 0.05) is 22.5 Å². The van der Waals surface area contributed by atoms with Crippen LogP contribution in [-0.4, -0.2) is 28.6 Å². The fourth-order valence-electron chi connectivity index (χ4n) is 3.05. The van der Waals surface area contributed by atoms with Gasteiger partial charge in [-0.1, -0.05) is 0 Å². The predicted molar refractivity (Wildman–Crippen MR) is 90.6 cm³/mol. The topological polar surface area (TPSA) is 27.1 Å². The van der Waals surface area contributed by atoms with E-state index < -0.39 is 0 Å². The molecule has 0 saturated carbocycles. The first kappa shape index (κ1) is 14.6. The normalized spacial score (nSPS) is 23.4. The van der Waals surface area contributed by atoms with Gasteiger partial charge < -0.3 is 9.30 Å². The lowest BCUT2D eigenvalue weighted by molar-refractivity contribution is 0.0102. The Morgan fingerprint density at radius 3 is 3.05 bits per heavy atom. The van der Waals surface area contributed by atoms with E-state index in [1.165, 1.54) is 9.09 Å². The van der Waals surface area contributed by atoms with E-state index >= 15 is 0 Å². The molecule has 0 spiro atoms. The van der Waals surface area contributed by atoms with E-state index in [4.69, 9.17) is 21.3 Å². The largest absolute Gasteiger partial charge is 0.379 e. The minimum atomic E-state index is -0.0127. The van der Waals surface area contributed by atoms with Gasteiger partial charge in [-0.05, 0) is 60.6 Å². The van der Waals surface area contributed by atoms with Crippen molar-refractivity contribution in [1.29, 1.82) is 0 Å². The quantitative estimate of drug-likeness (QED) is 0.572. The summed E-state index contributed by atoms with van der Waals surface area (Å²) < 4.78 is 9.30. The Bertz CT molecular complexity index is 620. The Labute approximate surface area is 137 Å². The Hall–Kier alpha value is -0.330. The molecule has 1 saturated heterocycles. The molecule has 1 aromatic carbocycles. The Balaban J connectivity index is 2.17. The number of halogens is 2. The molecule has 2 heterocycles. The van der Waals surface area contributed by atoms with E-state index in [-0.39, 0.29) is 5.54 Å². The maximum absolute atomic E-state index is 5.97. The van der Waals surface area contributed by atoms with Crippen LogP contribution < -0.4 is 0 Å². The number of benzene rings is 1. The average molecular weight is 405 g/mol. The van der Waals surface area contributed by atoms with E-state index in [9.17, 15) is 0 Å². The first-order chi connectivity index (χ1) is 9.64. The molecular formula is C15H18ClIN2O. The van der Waals surface area contributed by atoms with Crippen molar-refractivity contribution in [3.63, 3.8) is 0 Å². The van der Waals surface area contributed by atoms with E-state index in [1.54, 1.807) is 0 Å². The van der Waals surface area contributed by atoms with Gasteiger partial charge in [0.1, 0.15) is 5.82 Å². The minimum Gasteiger partial charge on any atom is -0.379 e. The summed E-state index contributed by atoms with van der Waals surface area (Å²) in [5, 5.41) is 0. The zero-order valence-corrected chi connectivity index (χ0v) is 14.4. The summed E-state index contributed by atoms with van der Waals surface area (Å²) in [5.74, 6) is 1.67. The molecule has 20 heavy (non-hydrogen) atoms. The summed E-state index contributed by atoms with van der Waals surface area (Å²) in [7, 11) is 0. The fraction of sp³-hybridized carbons (Fsp3) is 0.533. The van der Waals surface area contributed by atoms with Gasteiger partial charge in [-0.25, -0.2) is 4.98 Å². The summed E-state index contributed by atoms with van der Waals surface area (Å²) >= 11 is 8.29. The van der Waals surface area contributed by atoms with Gasteiger partial charge in [-0.2, -0.15) is 0 Å². The molecule has 0 aliphatic carbocycles. The predicted octanol–water partition coefficient (Wildman–Crippen LogP) is 3.95. The highest BCUT2D eigenvalue weighted by Gasteiger charge is 2.33. The van der Waals surface area contributed by atoms with Gasteiger partial charge in [-0.3, -0.25) is 0 Å². The fourth-order valence-corrected chi connectivity index (χ4v) is 3.70. The van der Waals surface area contributed by atoms with Crippen molar-refractivity contribution in [2.75, 3.05) is 19.1 Å². The zero-order valence-electron chi connectivity index (χ0n) is 11.5. The van der Waals surface area contributed by atoms with E-state index in [1.807, 2.05) is 0 Å². The number of nitrogens with zero attached hydrogens (tertiary/aromatic N) is 2. The highest BCUT2D eigenvalue weighted by molar-refractivity contribution is 14.1. The van der Waals surface area contributed by atoms with Gasteiger partial charge in [0.05, 0.1) is 23.2 Å². The SMILES string of the molecule is CC1(n2c(CCCl)nc3cc(I)ccc32)CCCOC1. The third kappa shape index (κ3) is 2.57. The van der Waals surface area contributed by atoms with E-state index in [2.05, 4.69) is 52.3 Å². The number of aromatic nitrogens is 2. The van der Waals surface area contributed by atoms with Crippen LogP contribution in [0.4, 0.5) is 0 Å². The van der Waals surface area contributed by atoms with Crippen LogP contribution in [-0.2, 0) is 16.7 Å². The first-order valence-electron chi connectivity index (χ1n) is 6.95. The molecule has 0 amide bonds. The number of fused-ring (bicyclic) bond motifs is 1. The summed E-state index contributed by atoms with van der Waals surface area (Å²) in [4.78, 5) is 4.80. The number of hydrogen-bond acceptors (Lipinski definition) is 2. The molecule has 1 aliphatic rings. The van der Waals surface area contributed by atoms with Gasteiger partial charge in [0.15, 0.2) is 0 Å². The summed E-state index contributed by atoms with van der Waals surface area (Å²) in [6.45, 7) is 3.88. The molecule has 1 unspecified atom stereocenters. The van der Waals surface area contributed by atoms with Crippen LogP contribution in [0.25, 0.3) is 11.0 Å². The molecular weight excluding hydrogens is 387 g/mol. The smallest absolute Gasteiger partial charge is 0.111 e. The number of ether oxygens (including phenoxy) is 1. The lowest BCUT2D eigenvalue weighted by Crippen LogP contribution is -2.40. The second-order valence-electron chi connectivity index (χ2n) is 5.59. The second kappa shape index (κ2) is 5.81. The van der Waals surface area contributed by atoms with Crippen LogP contribution >= 0.6 is 34.2 Å². The molecule has 5 heteroatoms. The molecule has 1 aromatic heterocycles. The Morgan fingerprint density at radius 1 is 1.50 bits per heavy atom. The number of alkyl halides is 1. The average Bonchev–Trinajstić information content (AvgIpc) is 2.77. The maximum Gasteiger partial charge on any atom is 0.111 e. The first-order valence-corrected chi connectivity index (χ1v) is 8.56. The van der Waals surface area contributed by atoms with Gasteiger partial charge in [-0.15, -0.1) is 11.6 Å². The Morgan fingerprint density at radius 2 is 2.35 bits per heavy atom. The van der Waals surface area contributed by atoms with Crippen molar-refractivity contribution in [3.8, 4) is 0 Å². The minimum absolute atomic E-state index is 0.0127. The van der Waals surface area contributed by atoms with Crippen LogP contribution in [0.15, 0.2) is 18.2 Å². The number of aryl methyl sites for hydroxylation is 1. The molecule has 3 nitrogen and oxygen atoms in total. The van der Waals surface area contributed by atoms with Crippen LogP contribution in [0.3, 0.4) is 0 Å². The lowest BCUT2D eigenvalue weighted by atomic mass is 9.94. The third-order valence-electron chi connectivity index (χ3n) is 3.96. The highest BCUT2D eigenvalue weighted by atomic mass is 127. The molecule has 0 radical (unpaired) electrons. The molecule has 2 aromatic rings. The summed E-state index contributed by atoms with van der Waals surface area (Å²) in [6, 6.07) is 6.44. The molecule has 0 N–H and O–H groups in total. The van der Waals surface area contributed by atoms with Crippen LogP contribution in [0.5, 0.6) is 0 Å². The van der Waals surface area contributed by atoms with Crippen LogP contribution in [0, 0.1) is 3.57 Å². The number of rotatable bonds is 3. The Kier molecular flexibility index (Phi) is 4.24. The van der Waals surface area contributed by atoms with Crippen molar-refractivity contribution in [2.45, 2.75) is 31.7 Å². The van der Waals surface area contributed by atoms with Crippen molar-refractivity contribution < 1.29 is 4.74 Å². The van der Waals surface area contributed by atoms with Crippen LogP contribution in [0.1, 0.15) is 25.6 Å². The maximum atomic E-state index is 5.97. The van der Waals surface area contributed by atoms with Crippen LogP contribution in [0.2, 0.25) is 0 Å². The van der Waals surface area contributed by atoms with Gasteiger partial charge >= 0.3 is 0 Å². The third-order valence-corrected chi connectivity index (χ3v) is 4.82. The monoisotopic (exact) mass is 404 g/mol. The molecule has 1 fully saturated rings. The number of imidazole rings is 1. The molecule has 3 rings (SSSR count). The van der Waals surface area contributed by atoms with Crippen molar-refractivity contribution in [2.24, 2.45) is 0 Å². The van der Waals surface area contributed by atoms with Gasteiger partial charge in [0.2, 0.25) is 0 Å².